The van der Waals surface area contributed by atoms with Crippen LogP contribution < -0.4 is 5.32 Å². The standard InChI is InChI=1S/C22H16F3N3O3/c23-22(24,25)21-27-17-9-3-4-11-18(17)28(21)12-20(30)31-13-19(29)26-16-10-5-7-14-6-1-2-8-15(14)16/h1-11H,12-13H2,(H,26,29). The molecular weight excluding hydrogens is 411 g/mol. The number of aromatic nitrogens is 2. The lowest BCUT2D eigenvalue weighted by atomic mass is 10.1. The van der Waals surface area contributed by atoms with Gasteiger partial charge in [0, 0.05) is 11.1 Å². The molecule has 6 nitrogen and oxygen atoms in total. The van der Waals surface area contributed by atoms with Crippen molar-refractivity contribution in [3.63, 3.8) is 0 Å². The number of esters is 1. The molecule has 0 atom stereocenters. The Labute approximate surface area is 174 Å². The lowest BCUT2D eigenvalue weighted by molar-refractivity contribution is -0.152. The van der Waals surface area contributed by atoms with Gasteiger partial charge >= 0.3 is 12.1 Å². The second-order valence-electron chi connectivity index (χ2n) is 6.74. The van der Waals surface area contributed by atoms with Gasteiger partial charge < -0.3 is 14.6 Å². The highest BCUT2D eigenvalue weighted by Gasteiger charge is 2.38. The molecule has 1 N–H and O–H groups in total. The Hall–Kier alpha value is -3.88. The number of benzene rings is 3. The summed E-state index contributed by atoms with van der Waals surface area (Å²) in [6.45, 7) is -1.35. The molecule has 0 aliphatic carbocycles. The van der Waals surface area contributed by atoms with Gasteiger partial charge in [-0.15, -0.1) is 0 Å². The molecule has 1 heterocycles. The number of ether oxygens (including phenoxy) is 1. The van der Waals surface area contributed by atoms with Crippen molar-refractivity contribution in [3.05, 3.63) is 72.6 Å². The number of carbonyl (C=O) groups excluding carboxylic acids is 2. The first-order valence-electron chi connectivity index (χ1n) is 9.28. The lowest BCUT2D eigenvalue weighted by Gasteiger charge is -2.12. The highest BCUT2D eigenvalue weighted by atomic mass is 19.4. The number of rotatable bonds is 5. The molecule has 0 unspecified atom stereocenters. The SMILES string of the molecule is O=C(COC(=O)Cn1c(C(F)(F)F)nc2ccccc21)Nc1cccc2ccccc12. The average molecular weight is 427 g/mol. The second kappa shape index (κ2) is 8.10. The van der Waals surface area contributed by atoms with Crippen molar-refractivity contribution < 1.29 is 27.5 Å². The Morgan fingerprint density at radius 1 is 0.968 bits per heavy atom. The third kappa shape index (κ3) is 4.35. The number of amides is 1. The van der Waals surface area contributed by atoms with E-state index in [1.807, 2.05) is 30.3 Å². The number of carbonyl (C=O) groups is 2. The van der Waals surface area contributed by atoms with E-state index in [1.165, 1.54) is 12.1 Å². The zero-order chi connectivity index (χ0) is 22.0. The predicted molar refractivity (Wildman–Crippen MR) is 108 cm³/mol. The van der Waals surface area contributed by atoms with E-state index in [9.17, 15) is 22.8 Å². The number of halogens is 3. The van der Waals surface area contributed by atoms with Gasteiger partial charge in [-0.1, -0.05) is 48.5 Å². The van der Waals surface area contributed by atoms with E-state index in [2.05, 4.69) is 10.3 Å². The van der Waals surface area contributed by atoms with Gasteiger partial charge in [0.1, 0.15) is 6.54 Å². The van der Waals surface area contributed by atoms with Crippen LogP contribution in [0, 0.1) is 0 Å². The number of alkyl halides is 3. The maximum atomic E-state index is 13.3. The Morgan fingerprint density at radius 3 is 2.48 bits per heavy atom. The van der Waals surface area contributed by atoms with Gasteiger partial charge in [0.15, 0.2) is 6.61 Å². The fourth-order valence-electron chi connectivity index (χ4n) is 3.29. The van der Waals surface area contributed by atoms with Crippen LogP contribution >= 0.6 is 0 Å². The van der Waals surface area contributed by atoms with Crippen LogP contribution in [0.4, 0.5) is 18.9 Å². The summed E-state index contributed by atoms with van der Waals surface area (Å²) in [5.41, 5.74) is 0.794. The van der Waals surface area contributed by atoms with E-state index in [-0.39, 0.29) is 11.0 Å². The largest absolute Gasteiger partial charge is 0.454 e. The van der Waals surface area contributed by atoms with Gasteiger partial charge in [-0.3, -0.25) is 9.59 Å². The van der Waals surface area contributed by atoms with Gasteiger partial charge in [-0.05, 0) is 23.6 Å². The highest BCUT2D eigenvalue weighted by molar-refractivity contribution is 6.02. The second-order valence-corrected chi connectivity index (χ2v) is 6.74. The van der Waals surface area contributed by atoms with Crippen molar-refractivity contribution in [1.82, 2.24) is 9.55 Å². The van der Waals surface area contributed by atoms with Crippen LogP contribution in [0.5, 0.6) is 0 Å². The first kappa shape index (κ1) is 20.4. The number of hydrogen-bond donors (Lipinski definition) is 1. The van der Waals surface area contributed by atoms with Gasteiger partial charge in [-0.2, -0.15) is 13.2 Å². The molecule has 0 fully saturated rings. The summed E-state index contributed by atoms with van der Waals surface area (Å²) in [6.07, 6.45) is -4.74. The van der Waals surface area contributed by atoms with E-state index < -0.39 is 37.0 Å². The first-order valence-corrected chi connectivity index (χ1v) is 9.28. The minimum absolute atomic E-state index is 0.108. The van der Waals surface area contributed by atoms with E-state index in [4.69, 9.17) is 4.74 Å². The molecule has 0 saturated carbocycles. The molecule has 0 bridgehead atoms. The molecule has 31 heavy (non-hydrogen) atoms. The van der Waals surface area contributed by atoms with Crippen molar-refractivity contribution in [2.75, 3.05) is 11.9 Å². The van der Waals surface area contributed by atoms with E-state index in [0.717, 1.165) is 15.3 Å². The third-order valence-corrected chi connectivity index (χ3v) is 4.62. The fraction of sp³-hybridized carbons (Fsp3) is 0.136. The van der Waals surface area contributed by atoms with Gasteiger partial charge in [0.2, 0.25) is 5.82 Å². The quantitative estimate of drug-likeness (QED) is 0.480. The normalized spacial score (nSPS) is 11.6. The average Bonchev–Trinajstić information content (AvgIpc) is 3.12. The van der Waals surface area contributed by atoms with Crippen LogP contribution in [0.1, 0.15) is 5.82 Å². The van der Waals surface area contributed by atoms with Crippen LogP contribution in [0.25, 0.3) is 21.8 Å². The summed E-state index contributed by atoms with van der Waals surface area (Å²) in [5, 5.41) is 4.38. The molecule has 3 aromatic carbocycles. The molecule has 1 aromatic heterocycles. The summed E-state index contributed by atoms with van der Waals surface area (Å²) in [6, 6.07) is 18.7. The van der Waals surface area contributed by atoms with Crippen molar-refractivity contribution in [2.24, 2.45) is 0 Å². The number of para-hydroxylation sites is 2. The molecule has 158 valence electrons. The van der Waals surface area contributed by atoms with Crippen LogP contribution in [0.15, 0.2) is 66.7 Å². The molecule has 0 radical (unpaired) electrons. The number of fused-ring (bicyclic) bond motifs is 2. The number of imidazole rings is 1. The summed E-state index contributed by atoms with van der Waals surface area (Å²) in [4.78, 5) is 28.0. The zero-order valence-electron chi connectivity index (χ0n) is 16.0. The Morgan fingerprint density at radius 2 is 1.68 bits per heavy atom. The topological polar surface area (TPSA) is 73.2 Å². The summed E-state index contributed by atoms with van der Waals surface area (Å²) in [7, 11) is 0. The predicted octanol–water partition coefficient (Wildman–Crippen LogP) is 4.39. The molecule has 1 amide bonds. The zero-order valence-corrected chi connectivity index (χ0v) is 16.0. The van der Waals surface area contributed by atoms with Gasteiger partial charge in [0.25, 0.3) is 5.91 Å². The van der Waals surface area contributed by atoms with Crippen molar-refractivity contribution in [1.29, 1.82) is 0 Å². The Kier molecular flexibility index (Phi) is 5.33. The maximum Gasteiger partial charge on any atom is 0.449 e. The Balaban J connectivity index is 1.44. The monoisotopic (exact) mass is 427 g/mol. The lowest BCUT2D eigenvalue weighted by Crippen LogP contribution is -2.25. The first-order chi connectivity index (χ1) is 14.8. The maximum absolute atomic E-state index is 13.3. The molecule has 4 aromatic rings. The molecule has 0 aliphatic rings. The smallest absolute Gasteiger partial charge is 0.449 e. The van der Waals surface area contributed by atoms with Crippen LogP contribution in [0.2, 0.25) is 0 Å². The molecular formula is C22H16F3N3O3. The van der Waals surface area contributed by atoms with E-state index in [1.54, 1.807) is 24.3 Å². The molecule has 0 saturated heterocycles. The van der Waals surface area contributed by atoms with E-state index >= 15 is 0 Å². The summed E-state index contributed by atoms with van der Waals surface area (Å²) < 4.78 is 45.6. The number of nitrogens with one attached hydrogen (secondary N) is 1. The number of anilines is 1. The van der Waals surface area contributed by atoms with Crippen molar-refractivity contribution >= 4 is 39.4 Å². The minimum atomic E-state index is -4.74. The van der Waals surface area contributed by atoms with Crippen molar-refractivity contribution in [2.45, 2.75) is 12.7 Å². The van der Waals surface area contributed by atoms with Gasteiger partial charge in [0.05, 0.1) is 11.0 Å². The Bertz CT molecular complexity index is 1280. The molecule has 9 heteroatoms. The molecule has 4 rings (SSSR count). The summed E-state index contributed by atoms with van der Waals surface area (Å²) >= 11 is 0. The minimum Gasteiger partial charge on any atom is -0.454 e. The van der Waals surface area contributed by atoms with Crippen LogP contribution in [-0.2, 0) is 27.0 Å². The molecule has 0 spiro atoms. The number of nitrogens with zero attached hydrogens (tertiary/aromatic N) is 2. The molecule has 0 aliphatic heterocycles. The van der Waals surface area contributed by atoms with Crippen LogP contribution in [-0.4, -0.2) is 28.0 Å². The van der Waals surface area contributed by atoms with Gasteiger partial charge in [-0.25, -0.2) is 4.98 Å². The van der Waals surface area contributed by atoms with Crippen LogP contribution in [0.3, 0.4) is 0 Å². The third-order valence-electron chi connectivity index (χ3n) is 4.62. The summed E-state index contributed by atoms with van der Waals surface area (Å²) in [5.74, 6) is -2.79. The van der Waals surface area contributed by atoms with Crippen molar-refractivity contribution in [3.8, 4) is 0 Å². The highest BCUT2D eigenvalue weighted by Crippen LogP contribution is 2.31. The van der Waals surface area contributed by atoms with E-state index in [0.29, 0.717) is 5.69 Å². The number of hydrogen-bond acceptors (Lipinski definition) is 4. The fourth-order valence-corrected chi connectivity index (χ4v) is 3.29.